The zero-order valence-electron chi connectivity index (χ0n) is 7.81. The molecule has 1 aromatic rings. The first kappa shape index (κ1) is 9.04. The molecule has 0 aromatic heterocycles. The fourth-order valence-electron chi connectivity index (χ4n) is 1.31. The topological polar surface area (TPSA) is 12.0 Å². The number of halogens is 1. The van der Waals surface area contributed by atoms with Gasteiger partial charge in [0, 0.05) is 17.1 Å². The minimum Gasteiger partial charge on any atom is -0.307 e. The van der Waals surface area contributed by atoms with Gasteiger partial charge in [-0.15, -0.1) is 0 Å². The van der Waals surface area contributed by atoms with Crippen molar-refractivity contribution in [1.29, 1.82) is 0 Å². The van der Waals surface area contributed by atoms with Crippen LogP contribution in [0, 0.1) is 0 Å². The summed E-state index contributed by atoms with van der Waals surface area (Å²) >= 11 is 6.03. The molecule has 0 spiro atoms. The van der Waals surface area contributed by atoms with Gasteiger partial charge < -0.3 is 5.32 Å². The molecule has 2 heteroatoms. The van der Waals surface area contributed by atoms with Crippen LogP contribution in [0.3, 0.4) is 0 Å². The Bertz CT molecular complexity index is 305. The van der Waals surface area contributed by atoms with Crippen molar-refractivity contribution < 1.29 is 0 Å². The van der Waals surface area contributed by atoms with Gasteiger partial charge in [0.1, 0.15) is 0 Å². The van der Waals surface area contributed by atoms with Crippen LogP contribution in [0.25, 0.3) is 0 Å². The number of rotatable bonds is 3. The lowest BCUT2D eigenvalue weighted by atomic mass is 10.2. The lowest BCUT2D eigenvalue weighted by Crippen LogP contribution is -2.27. The van der Waals surface area contributed by atoms with Crippen molar-refractivity contribution in [1.82, 2.24) is 5.32 Å². The third-order valence-electron chi connectivity index (χ3n) is 2.66. The molecule has 1 aromatic carbocycles. The van der Waals surface area contributed by atoms with Crippen molar-refractivity contribution in [2.45, 2.75) is 31.8 Å². The van der Waals surface area contributed by atoms with Gasteiger partial charge in [-0.2, -0.15) is 0 Å². The molecule has 0 saturated heterocycles. The molecule has 0 radical (unpaired) electrons. The highest BCUT2D eigenvalue weighted by atomic mass is 35.5. The Kier molecular flexibility index (Phi) is 2.31. The van der Waals surface area contributed by atoms with Gasteiger partial charge in [-0.05, 0) is 31.4 Å². The minimum atomic E-state index is 0.388. The molecule has 1 aliphatic carbocycles. The van der Waals surface area contributed by atoms with Gasteiger partial charge in [0.15, 0.2) is 0 Å². The van der Waals surface area contributed by atoms with Crippen LogP contribution in [-0.4, -0.2) is 5.54 Å². The Morgan fingerprint density at radius 3 is 2.69 bits per heavy atom. The second-order valence-electron chi connectivity index (χ2n) is 4.01. The van der Waals surface area contributed by atoms with E-state index in [-0.39, 0.29) is 0 Å². The highest BCUT2D eigenvalue weighted by Crippen LogP contribution is 2.34. The van der Waals surface area contributed by atoms with E-state index < -0.39 is 0 Å². The minimum absolute atomic E-state index is 0.388. The van der Waals surface area contributed by atoms with Gasteiger partial charge in [0.05, 0.1) is 0 Å². The van der Waals surface area contributed by atoms with Gasteiger partial charge in [0.25, 0.3) is 0 Å². The molecule has 0 bridgehead atoms. The normalized spacial score (nSPS) is 18.6. The Labute approximate surface area is 84.1 Å². The third kappa shape index (κ3) is 2.23. The van der Waals surface area contributed by atoms with Crippen molar-refractivity contribution in [2.75, 3.05) is 0 Å². The summed E-state index contributed by atoms with van der Waals surface area (Å²) in [4.78, 5) is 0. The van der Waals surface area contributed by atoms with Crippen LogP contribution in [0.1, 0.15) is 25.3 Å². The van der Waals surface area contributed by atoms with E-state index >= 15 is 0 Å². The van der Waals surface area contributed by atoms with Crippen molar-refractivity contribution in [3.63, 3.8) is 0 Å². The van der Waals surface area contributed by atoms with E-state index in [1.54, 1.807) is 0 Å². The largest absolute Gasteiger partial charge is 0.307 e. The van der Waals surface area contributed by atoms with E-state index in [1.807, 2.05) is 18.2 Å². The molecule has 0 atom stereocenters. The SMILES string of the molecule is CC1(NCc2ccccc2Cl)CC1. The van der Waals surface area contributed by atoms with E-state index in [0.717, 1.165) is 11.6 Å². The lowest BCUT2D eigenvalue weighted by molar-refractivity contribution is 0.538. The molecular formula is C11H14ClN. The third-order valence-corrected chi connectivity index (χ3v) is 3.03. The standard InChI is InChI=1S/C11H14ClN/c1-11(6-7-11)13-8-9-4-2-3-5-10(9)12/h2-5,13H,6-8H2,1H3. The van der Waals surface area contributed by atoms with Crippen LogP contribution in [0.5, 0.6) is 0 Å². The van der Waals surface area contributed by atoms with Crippen LogP contribution >= 0.6 is 11.6 Å². The molecule has 13 heavy (non-hydrogen) atoms. The van der Waals surface area contributed by atoms with Gasteiger partial charge in [-0.1, -0.05) is 29.8 Å². The van der Waals surface area contributed by atoms with Gasteiger partial charge in [0.2, 0.25) is 0 Å². The molecule has 0 unspecified atom stereocenters. The Morgan fingerprint density at radius 1 is 1.38 bits per heavy atom. The lowest BCUT2D eigenvalue weighted by Gasteiger charge is -2.11. The van der Waals surface area contributed by atoms with Crippen LogP contribution in [0.4, 0.5) is 0 Å². The van der Waals surface area contributed by atoms with Crippen LogP contribution in [-0.2, 0) is 6.54 Å². The van der Waals surface area contributed by atoms with E-state index in [9.17, 15) is 0 Å². The molecule has 0 heterocycles. The first-order valence-electron chi connectivity index (χ1n) is 4.68. The predicted octanol–water partition coefficient (Wildman–Crippen LogP) is 2.98. The number of hydrogen-bond acceptors (Lipinski definition) is 1. The van der Waals surface area contributed by atoms with Crippen LogP contribution < -0.4 is 5.32 Å². The average molecular weight is 196 g/mol. The Morgan fingerprint density at radius 2 is 2.08 bits per heavy atom. The maximum absolute atomic E-state index is 6.03. The fourth-order valence-corrected chi connectivity index (χ4v) is 1.52. The second-order valence-corrected chi connectivity index (χ2v) is 4.41. The highest BCUT2D eigenvalue weighted by Gasteiger charge is 2.36. The molecule has 1 nitrogen and oxygen atoms in total. The molecular weight excluding hydrogens is 182 g/mol. The first-order valence-corrected chi connectivity index (χ1v) is 5.06. The smallest absolute Gasteiger partial charge is 0.0450 e. The molecule has 1 fully saturated rings. The summed E-state index contributed by atoms with van der Waals surface area (Å²) in [6, 6.07) is 8.00. The zero-order valence-corrected chi connectivity index (χ0v) is 8.56. The summed E-state index contributed by atoms with van der Waals surface area (Å²) in [6.45, 7) is 3.14. The zero-order chi connectivity index (χ0) is 9.31. The van der Waals surface area contributed by atoms with Crippen molar-refractivity contribution in [3.8, 4) is 0 Å². The summed E-state index contributed by atoms with van der Waals surface area (Å²) in [5.74, 6) is 0. The highest BCUT2D eigenvalue weighted by molar-refractivity contribution is 6.31. The quantitative estimate of drug-likeness (QED) is 0.782. The van der Waals surface area contributed by atoms with Crippen molar-refractivity contribution in [3.05, 3.63) is 34.9 Å². The van der Waals surface area contributed by atoms with Crippen molar-refractivity contribution >= 4 is 11.6 Å². The Balaban J connectivity index is 1.97. The summed E-state index contributed by atoms with van der Waals surface area (Å²) in [5, 5.41) is 4.37. The molecule has 1 saturated carbocycles. The monoisotopic (exact) mass is 195 g/mol. The van der Waals surface area contributed by atoms with Gasteiger partial charge >= 0.3 is 0 Å². The van der Waals surface area contributed by atoms with Gasteiger partial charge in [-0.25, -0.2) is 0 Å². The summed E-state index contributed by atoms with van der Waals surface area (Å²) in [5.41, 5.74) is 1.58. The van der Waals surface area contributed by atoms with Gasteiger partial charge in [-0.3, -0.25) is 0 Å². The molecule has 2 rings (SSSR count). The number of benzene rings is 1. The van der Waals surface area contributed by atoms with E-state index in [0.29, 0.717) is 5.54 Å². The predicted molar refractivity (Wildman–Crippen MR) is 55.9 cm³/mol. The number of hydrogen-bond donors (Lipinski definition) is 1. The molecule has 0 aliphatic heterocycles. The number of nitrogens with one attached hydrogen (secondary N) is 1. The van der Waals surface area contributed by atoms with Crippen LogP contribution in [0.2, 0.25) is 5.02 Å². The molecule has 1 N–H and O–H groups in total. The molecule has 70 valence electrons. The summed E-state index contributed by atoms with van der Waals surface area (Å²) < 4.78 is 0. The average Bonchev–Trinajstić information content (AvgIpc) is 2.83. The molecule has 1 aliphatic rings. The van der Waals surface area contributed by atoms with E-state index in [4.69, 9.17) is 11.6 Å². The van der Waals surface area contributed by atoms with Crippen molar-refractivity contribution in [2.24, 2.45) is 0 Å². The summed E-state index contributed by atoms with van der Waals surface area (Å²) in [6.07, 6.45) is 2.58. The summed E-state index contributed by atoms with van der Waals surface area (Å²) in [7, 11) is 0. The maximum atomic E-state index is 6.03. The maximum Gasteiger partial charge on any atom is 0.0450 e. The first-order chi connectivity index (χ1) is 6.20. The fraction of sp³-hybridized carbons (Fsp3) is 0.455. The van der Waals surface area contributed by atoms with E-state index in [1.165, 1.54) is 18.4 Å². The van der Waals surface area contributed by atoms with Crippen LogP contribution in [0.15, 0.2) is 24.3 Å². The second kappa shape index (κ2) is 3.32. The molecule has 0 amide bonds. The Hall–Kier alpha value is -0.530. The van der Waals surface area contributed by atoms with E-state index in [2.05, 4.69) is 18.3 Å².